The van der Waals surface area contributed by atoms with Crippen molar-refractivity contribution in [3.63, 3.8) is 0 Å². The lowest BCUT2D eigenvalue weighted by molar-refractivity contribution is -0.141. The number of nitrogens with zero attached hydrogens (tertiary/aromatic N) is 1. The zero-order valence-corrected chi connectivity index (χ0v) is 17.2. The number of nitrogens with one attached hydrogen (secondary N) is 2. The van der Waals surface area contributed by atoms with Crippen LogP contribution in [0.15, 0.2) is 61.1 Å². The summed E-state index contributed by atoms with van der Waals surface area (Å²) in [6.45, 7) is 1.16. The summed E-state index contributed by atoms with van der Waals surface area (Å²) in [5.41, 5.74) is 3.36. The van der Waals surface area contributed by atoms with Crippen LogP contribution < -0.4 is 10.1 Å². The van der Waals surface area contributed by atoms with Crippen molar-refractivity contribution in [3.05, 3.63) is 72.3 Å². The smallest absolute Gasteiger partial charge is 0.252 e. The highest BCUT2D eigenvalue weighted by Gasteiger charge is 2.42. The van der Waals surface area contributed by atoms with E-state index < -0.39 is 5.60 Å². The normalized spacial score (nSPS) is 18.3. The van der Waals surface area contributed by atoms with Gasteiger partial charge in [-0.05, 0) is 30.0 Å². The van der Waals surface area contributed by atoms with Crippen LogP contribution in [-0.2, 0) is 22.4 Å². The van der Waals surface area contributed by atoms with Crippen LogP contribution in [0.5, 0.6) is 5.75 Å². The highest BCUT2D eigenvalue weighted by Crippen LogP contribution is 2.33. The number of rotatable bonds is 8. The Kier molecular flexibility index (Phi) is 6.14. The first kappa shape index (κ1) is 20.2. The molecule has 0 unspecified atom stereocenters. The first-order valence-corrected chi connectivity index (χ1v) is 10.3. The Labute approximate surface area is 176 Å². The van der Waals surface area contributed by atoms with E-state index in [1.54, 1.807) is 19.6 Å². The Morgan fingerprint density at radius 2 is 2.17 bits per heavy atom. The lowest BCUT2D eigenvalue weighted by atomic mass is 9.89. The van der Waals surface area contributed by atoms with Gasteiger partial charge in [0.25, 0.3) is 5.91 Å². The molecule has 2 aromatic carbocycles. The van der Waals surface area contributed by atoms with E-state index in [-0.39, 0.29) is 5.91 Å². The van der Waals surface area contributed by atoms with E-state index in [1.807, 2.05) is 30.3 Å². The van der Waals surface area contributed by atoms with Gasteiger partial charge in [0.2, 0.25) is 0 Å². The molecule has 0 bridgehead atoms. The molecule has 4 rings (SSSR count). The molecule has 1 atom stereocenters. The van der Waals surface area contributed by atoms with Crippen LogP contribution in [0, 0.1) is 0 Å². The van der Waals surface area contributed by atoms with Crippen molar-refractivity contribution in [1.82, 2.24) is 15.3 Å². The largest absolute Gasteiger partial charge is 0.496 e. The molecule has 1 aliphatic heterocycles. The maximum Gasteiger partial charge on any atom is 0.252 e. The molecule has 1 aromatic heterocycles. The third kappa shape index (κ3) is 4.39. The molecule has 1 aliphatic rings. The molecule has 3 aromatic rings. The summed E-state index contributed by atoms with van der Waals surface area (Å²) in [6.07, 6.45) is 6.30. The Morgan fingerprint density at radius 3 is 2.93 bits per heavy atom. The van der Waals surface area contributed by atoms with E-state index in [0.717, 1.165) is 41.0 Å². The molecule has 156 valence electrons. The minimum atomic E-state index is -0.812. The maximum atomic E-state index is 13.1. The summed E-state index contributed by atoms with van der Waals surface area (Å²) in [5, 5.41) is 3.06. The van der Waals surface area contributed by atoms with Crippen molar-refractivity contribution in [2.24, 2.45) is 0 Å². The predicted octanol–water partition coefficient (Wildman–Crippen LogP) is 3.54. The standard InChI is InChI=1S/C24H27N3O3/c1-29-22-9-3-2-8-21(22)19-7-4-6-18(14-19)15-24(11-5-13-30-24)23(28)26-12-10-20-16-25-17-27-20/h2-4,6-9,14,16-17H,5,10-13,15H2,1H3,(H,25,27)(H,26,28)/t24-/m1/s1. The number of amides is 1. The third-order valence-corrected chi connectivity index (χ3v) is 5.59. The van der Waals surface area contributed by atoms with E-state index >= 15 is 0 Å². The van der Waals surface area contributed by atoms with Crippen LogP contribution in [0.2, 0.25) is 0 Å². The number of aromatic nitrogens is 2. The molecule has 2 N–H and O–H groups in total. The fourth-order valence-corrected chi connectivity index (χ4v) is 4.05. The van der Waals surface area contributed by atoms with E-state index in [0.29, 0.717) is 26.0 Å². The van der Waals surface area contributed by atoms with Gasteiger partial charge < -0.3 is 19.8 Å². The van der Waals surface area contributed by atoms with Gasteiger partial charge >= 0.3 is 0 Å². The second-order valence-electron chi connectivity index (χ2n) is 7.61. The molecule has 1 saturated heterocycles. The first-order chi connectivity index (χ1) is 14.7. The van der Waals surface area contributed by atoms with E-state index in [9.17, 15) is 4.79 Å². The fraction of sp³-hybridized carbons (Fsp3) is 0.333. The molecular weight excluding hydrogens is 378 g/mol. The molecule has 0 spiro atoms. The molecule has 6 heteroatoms. The van der Waals surface area contributed by atoms with Crippen molar-refractivity contribution < 1.29 is 14.3 Å². The Hall–Kier alpha value is -3.12. The van der Waals surface area contributed by atoms with Gasteiger partial charge in [0.15, 0.2) is 5.60 Å². The number of imidazole rings is 1. The average molecular weight is 405 g/mol. The van der Waals surface area contributed by atoms with Crippen molar-refractivity contribution in [3.8, 4) is 16.9 Å². The highest BCUT2D eigenvalue weighted by molar-refractivity contribution is 5.86. The van der Waals surface area contributed by atoms with Crippen molar-refractivity contribution >= 4 is 5.91 Å². The van der Waals surface area contributed by atoms with Crippen LogP contribution in [0.1, 0.15) is 24.1 Å². The highest BCUT2D eigenvalue weighted by atomic mass is 16.5. The first-order valence-electron chi connectivity index (χ1n) is 10.3. The van der Waals surface area contributed by atoms with Gasteiger partial charge in [-0.2, -0.15) is 0 Å². The number of benzene rings is 2. The number of carbonyl (C=O) groups is 1. The third-order valence-electron chi connectivity index (χ3n) is 5.59. The molecule has 0 saturated carbocycles. The van der Waals surface area contributed by atoms with Crippen LogP contribution >= 0.6 is 0 Å². The SMILES string of the molecule is COc1ccccc1-c1cccc(C[C@@]2(C(=O)NCCc3cnc[nH]3)CCCO2)c1. The van der Waals surface area contributed by atoms with Gasteiger partial charge in [-0.1, -0.05) is 42.5 Å². The molecule has 1 amide bonds. The fourth-order valence-electron chi connectivity index (χ4n) is 4.05. The molecule has 6 nitrogen and oxygen atoms in total. The number of carbonyl (C=O) groups excluding carboxylic acids is 1. The van der Waals surface area contributed by atoms with Gasteiger partial charge in [-0.3, -0.25) is 4.79 Å². The number of para-hydroxylation sites is 1. The van der Waals surface area contributed by atoms with Crippen LogP contribution in [0.25, 0.3) is 11.1 Å². The monoisotopic (exact) mass is 405 g/mol. The molecule has 30 heavy (non-hydrogen) atoms. The number of methoxy groups -OCH3 is 1. The molecular formula is C24H27N3O3. The van der Waals surface area contributed by atoms with Gasteiger partial charge in [-0.15, -0.1) is 0 Å². The van der Waals surface area contributed by atoms with E-state index in [2.05, 4.69) is 33.5 Å². The van der Waals surface area contributed by atoms with Gasteiger partial charge in [0.05, 0.1) is 13.4 Å². The van der Waals surface area contributed by atoms with Crippen molar-refractivity contribution in [2.45, 2.75) is 31.3 Å². The summed E-state index contributed by atoms with van der Waals surface area (Å²) in [6, 6.07) is 16.2. The number of hydrogen-bond donors (Lipinski definition) is 2. The number of ether oxygens (including phenoxy) is 2. The van der Waals surface area contributed by atoms with Gasteiger partial charge in [-0.25, -0.2) is 4.98 Å². The maximum absolute atomic E-state index is 13.1. The topological polar surface area (TPSA) is 76.2 Å². The van der Waals surface area contributed by atoms with Gasteiger partial charge in [0.1, 0.15) is 5.75 Å². The van der Waals surface area contributed by atoms with Crippen LogP contribution in [0.3, 0.4) is 0 Å². The van der Waals surface area contributed by atoms with Crippen LogP contribution in [-0.4, -0.2) is 41.7 Å². The number of H-pyrrole nitrogens is 1. The lowest BCUT2D eigenvalue weighted by Crippen LogP contribution is -2.48. The van der Waals surface area contributed by atoms with Crippen LogP contribution in [0.4, 0.5) is 0 Å². The quantitative estimate of drug-likeness (QED) is 0.601. The molecule has 1 fully saturated rings. The summed E-state index contributed by atoms with van der Waals surface area (Å²) in [7, 11) is 1.68. The minimum Gasteiger partial charge on any atom is -0.496 e. The van der Waals surface area contributed by atoms with E-state index in [4.69, 9.17) is 9.47 Å². The Morgan fingerprint density at radius 1 is 1.27 bits per heavy atom. The average Bonchev–Trinajstić information content (AvgIpc) is 3.47. The minimum absolute atomic E-state index is 0.0396. The summed E-state index contributed by atoms with van der Waals surface area (Å²) in [5.74, 6) is 0.792. The molecule has 0 radical (unpaired) electrons. The Balaban J connectivity index is 1.49. The summed E-state index contributed by atoms with van der Waals surface area (Å²) >= 11 is 0. The van der Waals surface area contributed by atoms with Crippen molar-refractivity contribution in [2.75, 3.05) is 20.3 Å². The number of aromatic amines is 1. The molecule has 2 heterocycles. The predicted molar refractivity (Wildman–Crippen MR) is 115 cm³/mol. The van der Waals surface area contributed by atoms with Gasteiger partial charge in [0, 0.05) is 43.4 Å². The zero-order chi connectivity index (χ0) is 20.8. The lowest BCUT2D eigenvalue weighted by Gasteiger charge is -2.27. The summed E-state index contributed by atoms with van der Waals surface area (Å²) in [4.78, 5) is 20.1. The second kappa shape index (κ2) is 9.13. The van der Waals surface area contributed by atoms with E-state index in [1.165, 1.54) is 0 Å². The number of hydrogen-bond acceptors (Lipinski definition) is 4. The Bertz CT molecular complexity index is 979. The summed E-state index contributed by atoms with van der Waals surface area (Å²) < 4.78 is 11.5. The van der Waals surface area contributed by atoms with Crippen molar-refractivity contribution in [1.29, 1.82) is 0 Å². The second-order valence-corrected chi connectivity index (χ2v) is 7.61. The molecule has 0 aliphatic carbocycles. The zero-order valence-electron chi connectivity index (χ0n) is 17.2.